The van der Waals surface area contributed by atoms with Crippen LogP contribution in [-0.4, -0.2) is 32.1 Å². The van der Waals surface area contributed by atoms with Crippen molar-refractivity contribution in [3.05, 3.63) is 40.9 Å². The van der Waals surface area contributed by atoms with Crippen LogP contribution in [0.3, 0.4) is 0 Å². The molecule has 3 aromatic heterocycles. The molecule has 142 valence electrons. The number of carbonyl (C=O) groups excluding carboxylic acids is 1. The molecular weight excluding hydrogens is 380 g/mol. The number of aromatic amines is 1. The first-order chi connectivity index (χ1) is 12.9. The standard InChI is InChI=1S/C17H16ClF2N5O2/c1-8(16(26)22-14-6-10(23-24-14)9-2-3-9)11-7-25-13(18)5-4-12(15(25)21-11)27-17(19)20/h4-9,17H,2-3H2,1H3,(H2,22,23,24,26). The quantitative estimate of drug-likeness (QED) is 0.619. The van der Waals surface area contributed by atoms with Crippen LogP contribution < -0.4 is 10.1 Å². The molecule has 0 radical (unpaired) electrons. The van der Waals surface area contributed by atoms with Gasteiger partial charge < -0.3 is 10.1 Å². The van der Waals surface area contributed by atoms with Crippen molar-refractivity contribution in [2.45, 2.75) is 38.2 Å². The average Bonchev–Trinajstić information content (AvgIpc) is 3.19. The molecule has 1 unspecified atom stereocenters. The third-order valence-electron chi connectivity index (χ3n) is 4.47. The summed E-state index contributed by atoms with van der Waals surface area (Å²) in [6.45, 7) is -1.33. The zero-order valence-electron chi connectivity index (χ0n) is 14.2. The fourth-order valence-electron chi connectivity index (χ4n) is 2.80. The molecule has 3 aromatic rings. The number of hydrogen-bond donors (Lipinski definition) is 2. The summed E-state index contributed by atoms with van der Waals surface area (Å²) >= 11 is 6.10. The van der Waals surface area contributed by atoms with E-state index in [0.29, 0.717) is 17.4 Å². The Morgan fingerprint density at radius 1 is 1.44 bits per heavy atom. The number of nitrogens with one attached hydrogen (secondary N) is 2. The molecule has 10 heteroatoms. The van der Waals surface area contributed by atoms with E-state index in [2.05, 4.69) is 25.2 Å². The lowest BCUT2D eigenvalue weighted by atomic mass is 10.1. The van der Waals surface area contributed by atoms with Gasteiger partial charge in [-0.1, -0.05) is 11.6 Å². The molecule has 0 bridgehead atoms. The highest BCUT2D eigenvalue weighted by molar-refractivity contribution is 6.29. The number of fused-ring (bicyclic) bond motifs is 1. The molecule has 0 spiro atoms. The minimum absolute atomic E-state index is 0.116. The lowest BCUT2D eigenvalue weighted by Gasteiger charge is -2.07. The average molecular weight is 396 g/mol. The van der Waals surface area contributed by atoms with Gasteiger partial charge in [-0.2, -0.15) is 13.9 Å². The van der Waals surface area contributed by atoms with Crippen molar-refractivity contribution in [2.24, 2.45) is 0 Å². The zero-order valence-corrected chi connectivity index (χ0v) is 15.0. The number of halogens is 3. The van der Waals surface area contributed by atoms with E-state index in [1.165, 1.54) is 22.7 Å². The highest BCUT2D eigenvalue weighted by atomic mass is 35.5. The third kappa shape index (κ3) is 3.59. The van der Waals surface area contributed by atoms with E-state index >= 15 is 0 Å². The first kappa shape index (κ1) is 17.7. The highest BCUT2D eigenvalue weighted by Crippen LogP contribution is 2.39. The number of rotatable bonds is 6. The number of aromatic nitrogens is 4. The van der Waals surface area contributed by atoms with Gasteiger partial charge in [0.1, 0.15) is 5.15 Å². The third-order valence-corrected chi connectivity index (χ3v) is 4.77. The van der Waals surface area contributed by atoms with Gasteiger partial charge >= 0.3 is 6.61 Å². The minimum Gasteiger partial charge on any atom is -0.431 e. The van der Waals surface area contributed by atoms with Gasteiger partial charge in [0.05, 0.1) is 11.6 Å². The molecule has 1 saturated carbocycles. The molecule has 0 saturated heterocycles. The van der Waals surface area contributed by atoms with Crippen molar-refractivity contribution in [3.63, 3.8) is 0 Å². The van der Waals surface area contributed by atoms with Crippen molar-refractivity contribution in [1.82, 2.24) is 19.6 Å². The second-order valence-corrected chi connectivity index (χ2v) is 6.84. The largest absolute Gasteiger partial charge is 0.431 e. The number of pyridine rings is 1. The molecule has 1 amide bonds. The predicted molar refractivity (Wildman–Crippen MR) is 94.4 cm³/mol. The van der Waals surface area contributed by atoms with Crippen molar-refractivity contribution in [2.75, 3.05) is 5.32 Å². The molecule has 2 N–H and O–H groups in total. The second-order valence-electron chi connectivity index (χ2n) is 6.45. The van der Waals surface area contributed by atoms with Gasteiger partial charge in [-0.05, 0) is 31.9 Å². The Labute approximate surface area is 157 Å². The summed E-state index contributed by atoms with van der Waals surface area (Å²) < 4.78 is 31.0. The molecule has 0 aromatic carbocycles. The van der Waals surface area contributed by atoms with Gasteiger partial charge in [0, 0.05) is 23.9 Å². The van der Waals surface area contributed by atoms with Crippen molar-refractivity contribution >= 4 is 29.0 Å². The van der Waals surface area contributed by atoms with E-state index in [4.69, 9.17) is 11.6 Å². The summed E-state index contributed by atoms with van der Waals surface area (Å²) in [5, 5.41) is 10.0. The fraction of sp³-hybridized carbons (Fsp3) is 0.353. The molecular formula is C17H16ClF2N5O2. The van der Waals surface area contributed by atoms with Crippen molar-refractivity contribution in [1.29, 1.82) is 0 Å². The zero-order chi connectivity index (χ0) is 19.1. The van der Waals surface area contributed by atoms with E-state index in [9.17, 15) is 13.6 Å². The van der Waals surface area contributed by atoms with E-state index < -0.39 is 12.5 Å². The van der Waals surface area contributed by atoms with Crippen LogP contribution in [0, 0.1) is 0 Å². The lowest BCUT2D eigenvalue weighted by Crippen LogP contribution is -2.19. The number of anilines is 1. The van der Waals surface area contributed by atoms with Crippen LogP contribution in [0.4, 0.5) is 14.6 Å². The normalized spacial score (nSPS) is 15.3. The number of hydrogen-bond acceptors (Lipinski definition) is 4. The van der Waals surface area contributed by atoms with E-state index in [1.54, 1.807) is 6.92 Å². The summed E-state index contributed by atoms with van der Waals surface area (Å²) in [4.78, 5) is 16.8. The summed E-state index contributed by atoms with van der Waals surface area (Å²) in [6.07, 6.45) is 3.77. The number of amides is 1. The molecule has 3 heterocycles. The van der Waals surface area contributed by atoms with Crippen molar-refractivity contribution in [3.8, 4) is 5.75 Å². The molecule has 0 aliphatic heterocycles. The van der Waals surface area contributed by atoms with Gasteiger partial charge in [-0.3, -0.25) is 14.3 Å². The number of ether oxygens (including phenoxy) is 1. The molecule has 7 nitrogen and oxygen atoms in total. The highest BCUT2D eigenvalue weighted by Gasteiger charge is 2.26. The van der Waals surface area contributed by atoms with Gasteiger partial charge in [-0.15, -0.1) is 0 Å². The maximum Gasteiger partial charge on any atom is 0.387 e. The van der Waals surface area contributed by atoms with Crippen LogP contribution in [0.25, 0.3) is 5.65 Å². The van der Waals surface area contributed by atoms with Gasteiger partial charge in [0.15, 0.2) is 17.2 Å². The van der Waals surface area contributed by atoms with Crippen LogP contribution in [0.15, 0.2) is 24.4 Å². The lowest BCUT2D eigenvalue weighted by molar-refractivity contribution is -0.117. The molecule has 27 heavy (non-hydrogen) atoms. The Morgan fingerprint density at radius 2 is 2.22 bits per heavy atom. The number of nitrogens with zero attached hydrogens (tertiary/aromatic N) is 3. The Hall–Kier alpha value is -2.68. The topological polar surface area (TPSA) is 84.3 Å². The van der Waals surface area contributed by atoms with Gasteiger partial charge in [0.2, 0.25) is 5.91 Å². The van der Waals surface area contributed by atoms with E-state index in [1.807, 2.05) is 6.07 Å². The second kappa shape index (κ2) is 6.80. The van der Waals surface area contributed by atoms with E-state index in [0.717, 1.165) is 18.5 Å². The number of carbonyl (C=O) groups is 1. The van der Waals surface area contributed by atoms with Crippen LogP contribution in [0.2, 0.25) is 5.15 Å². The first-order valence-electron chi connectivity index (χ1n) is 8.41. The Kier molecular flexibility index (Phi) is 4.47. The monoisotopic (exact) mass is 395 g/mol. The Bertz CT molecular complexity index is 999. The smallest absolute Gasteiger partial charge is 0.387 e. The fourth-order valence-corrected chi connectivity index (χ4v) is 3.00. The number of H-pyrrole nitrogens is 1. The van der Waals surface area contributed by atoms with Gasteiger partial charge in [-0.25, -0.2) is 4.98 Å². The maximum atomic E-state index is 12.6. The number of alkyl halides is 2. The van der Waals surface area contributed by atoms with Crippen LogP contribution in [0.1, 0.15) is 43.0 Å². The molecule has 4 rings (SSSR count). The van der Waals surface area contributed by atoms with Crippen LogP contribution in [0.5, 0.6) is 5.75 Å². The predicted octanol–water partition coefficient (Wildman–Crippen LogP) is 3.93. The van der Waals surface area contributed by atoms with Crippen LogP contribution >= 0.6 is 11.6 Å². The summed E-state index contributed by atoms with van der Waals surface area (Å²) in [7, 11) is 0. The first-order valence-corrected chi connectivity index (χ1v) is 8.78. The Balaban J connectivity index is 1.56. The van der Waals surface area contributed by atoms with Gasteiger partial charge in [0.25, 0.3) is 0 Å². The van der Waals surface area contributed by atoms with Crippen LogP contribution in [-0.2, 0) is 4.79 Å². The molecule has 1 atom stereocenters. The minimum atomic E-state index is -2.99. The molecule has 1 fully saturated rings. The Morgan fingerprint density at radius 3 is 2.93 bits per heavy atom. The summed E-state index contributed by atoms with van der Waals surface area (Å²) in [5.74, 6) is -0.150. The summed E-state index contributed by atoms with van der Waals surface area (Å²) in [5.41, 5.74) is 1.50. The van der Waals surface area contributed by atoms with Crippen molar-refractivity contribution < 1.29 is 18.3 Å². The number of imidazole rings is 1. The van der Waals surface area contributed by atoms with E-state index in [-0.39, 0.29) is 22.5 Å². The SMILES string of the molecule is CC(C(=O)Nc1cc(C2CC2)[nH]n1)c1cn2c(Cl)ccc(OC(F)F)c2n1. The molecule has 1 aliphatic rings. The maximum absolute atomic E-state index is 12.6. The summed E-state index contributed by atoms with van der Waals surface area (Å²) in [6, 6.07) is 4.55. The molecule has 1 aliphatic carbocycles.